The van der Waals surface area contributed by atoms with Gasteiger partial charge in [0.05, 0.1) is 0 Å². The maximum Gasteiger partial charge on any atom is -0.00459 e. The molecule has 0 saturated carbocycles. The van der Waals surface area contributed by atoms with Crippen LogP contribution >= 0.6 is 0 Å². The van der Waals surface area contributed by atoms with Gasteiger partial charge in [-0.05, 0) is 42.3 Å². The topological polar surface area (TPSA) is 12.0 Å². The number of nitrogens with one attached hydrogen (secondary N) is 1. The highest BCUT2D eigenvalue weighted by molar-refractivity contribution is 5.85. The highest BCUT2D eigenvalue weighted by Crippen LogP contribution is 2.19. The molecule has 16 heavy (non-hydrogen) atoms. The fourth-order valence-electron chi connectivity index (χ4n) is 2.09. The minimum atomic E-state index is 1.07. The predicted molar refractivity (Wildman–Crippen MR) is 70.8 cm³/mol. The van der Waals surface area contributed by atoms with E-state index in [1.807, 2.05) is 0 Å². The molecule has 0 amide bonds. The number of hydrogen-bond acceptors (Lipinski definition) is 1. The maximum atomic E-state index is 3.37. The van der Waals surface area contributed by atoms with E-state index in [4.69, 9.17) is 0 Å². The summed E-state index contributed by atoms with van der Waals surface area (Å²) in [4.78, 5) is 0. The van der Waals surface area contributed by atoms with E-state index in [-0.39, 0.29) is 0 Å². The van der Waals surface area contributed by atoms with Gasteiger partial charge in [0.1, 0.15) is 0 Å². The molecule has 0 saturated heterocycles. The Morgan fingerprint density at radius 2 is 1.81 bits per heavy atom. The van der Waals surface area contributed by atoms with Crippen LogP contribution < -0.4 is 5.32 Å². The van der Waals surface area contributed by atoms with Crippen LogP contribution in [0.25, 0.3) is 10.8 Å². The van der Waals surface area contributed by atoms with Crippen molar-refractivity contribution in [3.8, 4) is 0 Å². The molecule has 1 nitrogen and oxygen atoms in total. The van der Waals surface area contributed by atoms with Crippen LogP contribution in [0.4, 0.5) is 0 Å². The van der Waals surface area contributed by atoms with Gasteiger partial charge in [-0.3, -0.25) is 0 Å². The first-order valence-corrected chi connectivity index (χ1v) is 6.09. The molecule has 0 spiro atoms. The summed E-state index contributed by atoms with van der Waals surface area (Å²) in [5.41, 5.74) is 1.47. The molecule has 84 valence electrons. The van der Waals surface area contributed by atoms with Gasteiger partial charge in [0.15, 0.2) is 0 Å². The minimum Gasteiger partial charge on any atom is -0.317 e. The van der Waals surface area contributed by atoms with Crippen LogP contribution in [0.2, 0.25) is 0 Å². The van der Waals surface area contributed by atoms with E-state index in [1.165, 1.54) is 22.8 Å². The normalized spacial score (nSPS) is 10.8. The number of fused-ring (bicyclic) bond motifs is 1. The monoisotopic (exact) mass is 213 g/mol. The standard InChI is InChI=1S/C15H19N/c1-2-16-12-6-10-14-9-5-8-13-7-3-4-11-15(13)14/h3-5,7-9,11,16H,2,6,10,12H2,1H3. The van der Waals surface area contributed by atoms with Gasteiger partial charge in [-0.2, -0.15) is 0 Å². The third-order valence-electron chi connectivity index (χ3n) is 2.93. The molecule has 1 N–H and O–H groups in total. The Bertz CT molecular complexity index is 443. The lowest BCUT2D eigenvalue weighted by Gasteiger charge is -2.06. The molecular formula is C15H19N. The first-order chi connectivity index (χ1) is 7.92. The molecule has 2 rings (SSSR count). The predicted octanol–water partition coefficient (Wildman–Crippen LogP) is 3.38. The average molecular weight is 213 g/mol. The van der Waals surface area contributed by atoms with E-state index < -0.39 is 0 Å². The molecule has 0 atom stereocenters. The molecule has 2 aromatic carbocycles. The Balaban J connectivity index is 2.11. The third kappa shape index (κ3) is 2.61. The lowest BCUT2D eigenvalue weighted by molar-refractivity contribution is 0.674. The smallest absolute Gasteiger partial charge is 0.00459 e. The molecule has 2 aromatic rings. The minimum absolute atomic E-state index is 1.07. The second-order valence-electron chi connectivity index (χ2n) is 4.10. The molecule has 0 aliphatic heterocycles. The third-order valence-corrected chi connectivity index (χ3v) is 2.93. The second-order valence-corrected chi connectivity index (χ2v) is 4.10. The van der Waals surface area contributed by atoms with Crippen molar-refractivity contribution < 1.29 is 0 Å². The SMILES string of the molecule is CCNCCCc1cccc2ccccc12. The molecular weight excluding hydrogens is 194 g/mol. The van der Waals surface area contributed by atoms with Gasteiger partial charge >= 0.3 is 0 Å². The quantitative estimate of drug-likeness (QED) is 0.751. The van der Waals surface area contributed by atoms with Crippen LogP contribution in [-0.2, 0) is 6.42 Å². The Hall–Kier alpha value is -1.34. The van der Waals surface area contributed by atoms with Gasteiger partial charge < -0.3 is 5.32 Å². The van der Waals surface area contributed by atoms with E-state index in [9.17, 15) is 0 Å². The molecule has 0 heterocycles. The molecule has 0 radical (unpaired) electrons. The first kappa shape index (κ1) is 11.2. The van der Waals surface area contributed by atoms with Gasteiger partial charge in [-0.15, -0.1) is 0 Å². The summed E-state index contributed by atoms with van der Waals surface area (Å²) in [6, 6.07) is 15.2. The van der Waals surface area contributed by atoms with Gasteiger partial charge in [-0.1, -0.05) is 49.4 Å². The lowest BCUT2D eigenvalue weighted by atomic mass is 10.0. The molecule has 0 aromatic heterocycles. The number of benzene rings is 2. The Morgan fingerprint density at radius 3 is 2.69 bits per heavy atom. The van der Waals surface area contributed by atoms with E-state index >= 15 is 0 Å². The van der Waals surface area contributed by atoms with Crippen LogP contribution in [-0.4, -0.2) is 13.1 Å². The van der Waals surface area contributed by atoms with Crippen molar-refractivity contribution in [3.63, 3.8) is 0 Å². The maximum absolute atomic E-state index is 3.37. The van der Waals surface area contributed by atoms with Crippen molar-refractivity contribution in [3.05, 3.63) is 48.0 Å². The van der Waals surface area contributed by atoms with Gasteiger partial charge in [0, 0.05) is 0 Å². The van der Waals surface area contributed by atoms with Gasteiger partial charge in [-0.25, -0.2) is 0 Å². The molecule has 0 fully saturated rings. The van der Waals surface area contributed by atoms with E-state index in [0.717, 1.165) is 19.5 Å². The van der Waals surface area contributed by atoms with Crippen LogP contribution in [0.15, 0.2) is 42.5 Å². The Kier molecular flexibility index (Phi) is 3.95. The van der Waals surface area contributed by atoms with Crippen molar-refractivity contribution in [1.82, 2.24) is 5.32 Å². The summed E-state index contributed by atoms with van der Waals surface area (Å²) in [7, 11) is 0. The molecule has 0 aliphatic carbocycles. The zero-order chi connectivity index (χ0) is 11.2. The zero-order valence-corrected chi connectivity index (χ0v) is 9.87. The summed E-state index contributed by atoms with van der Waals surface area (Å²) in [5, 5.41) is 6.12. The van der Waals surface area contributed by atoms with Crippen molar-refractivity contribution >= 4 is 10.8 Å². The first-order valence-electron chi connectivity index (χ1n) is 6.09. The fraction of sp³-hybridized carbons (Fsp3) is 0.333. The van der Waals surface area contributed by atoms with Crippen LogP contribution in [0.5, 0.6) is 0 Å². The number of rotatable bonds is 5. The summed E-state index contributed by atoms with van der Waals surface area (Å²) in [5.74, 6) is 0. The van der Waals surface area contributed by atoms with Gasteiger partial charge in [0.25, 0.3) is 0 Å². The number of aryl methyl sites for hydroxylation is 1. The largest absolute Gasteiger partial charge is 0.317 e. The Labute approximate surface area is 97.5 Å². The van der Waals surface area contributed by atoms with Crippen LogP contribution in [0.3, 0.4) is 0 Å². The second kappa shape index (κ2) is 5.66. The fourth-order valence-corrected chi connectivity index (χ4v) is 2.09. The van der Waals surface area contributed by atoms with Crippen molar-refractivity contribution in [2.45, 2.75) is 19.8 Å². The number of hydrogen-bond donors (Lipinski definition) is 1. The summed E-state index contributed by atoms with van der Waals surface area (Å²) in [6.07, 6.45) is 2.37. The highest BCUT2D eigenvalue weighted by atomic mass is 14.8. The summed E-state index contributed by atoms with van der Waals surface area (Å²) >= 11 is 0. The zero-order valence-electron chi connectivity index (χ0n) is 9.87. The molecule has 0 aliphatic rings. The highest BCUT2D eigenvalue weighted by Gasteiger charge is 1.99. The van der Waals surface area contributed by atoms with Crippen molar-refractivity contribution in [1.29, 1.82) is 0 Å². The summed E-state index contributed by atoms with van der Waals surface area (Å²) in [6.45, 7) is 4.33. The van der Waals surface area contributed by atoms with E-state index in [1.54, 1.807) is 0 Å². The Morgan fingerprint density at radius 1 is 1.00 bits per heavy atom. The van der Waals surface area contributed by atoms with Crippen LogP contribution in [0, 0.1) is 0 Å². The van der Waals surface area contributed by atoms with Crippen molar-refractivity contribution in [2.75, 3.05) is 13.1 Å². The molecule has 0 bridgehead atoms. The van der Waals surface area contributed by atoms with Crippen molar-refractivity contribution in [2.24, 2.45) is 0 Å². The summed E-state index contributed by atoms with van der Waals surface area (Å²) < 4.78 is 0. The molecule has 1 heteroatoms. The lowest BCUT2D eigenvalue weighted by Crippen LogP contribution is -2.14. The van der Waals surface area contributed by atoms with Crippen LogP contribution in [0.1, 0.15) is 18.9 Å². The van der Waals surface area contributed by atoms with Gasteiger partial charge in [0.2, 0.25) is 0 Å². The van der Waals surface area contributed by atoms with E-state index in [0.29, 0.717) is 0 Å². The molecule has 0 unspecified atom stereocenters. The van der Waals surface area contributed by atoms with E-state index in [2.05, 4.69) is 54.7 Å². The average Bonchev–Trinajstić information content (AvgIpc) is 2.35.